The van der Waals surface area contributed by atoms with Crippen molar-refractivity contribution in [3.63, 3.8) is 0 Å². The molecule has 0 saturated heterocycles. The zero-order chi connectivity index (χ0) is 16.9. The van der Waals surface area contributed by atoms with E-state index in [9.17, 15) is 9.59 Å². The van der Waals surface area contributed by atoms with Crippen molar-refractivity contribution in [1.29, 1.82) is 0 Å². The third-order valence-electron chi connectivity index (χ3n) is 3.60. The van der Waals surface area contributed by atoms with Gasteiger partial charge >= 0.3 is 12.0 Å². The van der Waals surface area contributed by atoms with Gasteiger partial charge in [0.05, 0.1) is 5.56 Å². The predicted molar refractivity (Wildman–Crippen MR) is 92.7 cm³/mol. The largest absolute Gasteiger partial charge is 0.457 e. The van der Waals surface area contributed by atoms with Gasteiger partial charge in [-0.3, -0.25) is 0 Å². The van der Waals surface area contributed by atoms with Gasteiger partial charge in [-0.05, 0) is 34.5 Å². The maximum Gasteiger partial charge on any atom is 0.338 e. The average molecular weight is 320 g/mol. The number of nitrogens with two attached hydrogens (primary N) is 1. The predicted octanol–water partition coefficient (Wildman–Crippen LogP) is 3.69. The lowest BCUT2D eigenvalue weighted by Gasteiger charge is -2.09. The van der Waals surface area contributed by atoms with Crippen molar-refractivity contribution in [2.24, 2.45) is 5.73 Å². The molecule has 0 aliphatic heterocycles. The molecule has 0 unspecified atom stereocenters. The fourth-order valence-electron chi connectivity index (χ4n) is 2.51. The number of primary amides is 1. The SMILES string of the molecule is NC(=O)Nc1cccc(C(=O)OCc2cccc3ccccc23)c1. The highest BCUT2D eigenvalue weighted by molar-refractivity contribution is 5.93. The Morgan fingerprint density at radius 3 is 2.54 bits per heavy atom. The standard InChI is InChI=1S/C19H16N2O3/c20-19(23)21-16-9-4-7-14(11-16)18(22)24-12-15-8-3-6-13-5-1-2-10-17(13)15/h1-11H,12H2,(H3,20,21,23). The summed E-state index contributed by atoms with van der Waals surface area (Å²) in [5.41, 5.74) is 6.80. The monoisotopic (exact) mass is 320 g/mol. The number of nitrogens with one attached hydrogen (secondary N) is 1. The van der Waals surface area contributed by atoms with E-state index in [-0.39, 0.29) is 6.61 Å². The van der Waals surface area contributed by atoms with E-state index >= 15 is 0 Å². The Hall–Kier alpha value is -3.34. The van der Waals surface area contributed by atoms with Crippen molar-refractivity contribution in [3.8, 4) is 0 Å². The molecule has 3 aromatic carbocycles. The molecular formula is C19H16N2O3. The number of hydrogen-bond acceptors (Lipinski definition) is 3. The van der Waals surface area contributed by atoms with E-state index in [4.69, 9.17) is 10.5 Å². The fraction of sp³-hybridized carbons (Fsp3) is 0.0526. The minimum atomic E-state index is -0.684. The van der Waals surface area contributed by atoms with Gasteiger partial charge < -0.3 is 15.8 Å². The first kappa shape index (κ1) is 15.6. The van der Waals surface area contributed by atoms with Crippen molar-refractivity contribution in [2.45, 2.75) is 6.61 Å². The molecule has 3 rings (SSSR count). The summed E-state index contributed by atoms with van der Waals surface area (Å²) in [6.07, 6.45) is 0. The van der Waals surface area contributed by atoms with Crippen molar-refractivity contribution in [2.75, 3.05) is 5.32 Å². The van der Waals surface area contributed by atoms with Crippen LogP contribution in [0.5, 0.6) is 0 Å². The number of hydrogen-bond donors (Lipinski definition) is 2. The van der Waals surface area contributed by atoms with Crippen LogP contribution in [-0.4, -0.2) is 12.0 Å². The highest BCUT2D eigenvalue weighted by atomic mass is 16.5. The van der Waals surface area contributed by atoms with Crippen LogP contribution in [0.15, 0.2) is 66.7 Å². The van der Waals surface area contributed by atoms with Gasteiger partial charge in [0.25, 0.3) is 0 Å². The van der Waals surface area contributed by atoms with Gasteiger partial charge in [-0.25, -0.2) is 9.59 Å². The molecule has 0 spiro atoms. The molecule has 0 aromatic heterocycles. The second kappa shape index (κ2) is 6.83. The summed E-state index contributed by atoms with van der Waals surface area (Å²) in [5.74, 6) is -0.462. The quantitative estimate of drug-likeness (QED) is 0.719. The molecule has 5 nitrogen and oxygen atoms in total. The van der Waals surface area contributed by atoms with E-state index in [2.05, 4.69) is 5.32 Å². The number of amides is 2. The molecular weight excluding hydrogens is 304 g/mol. The molecule has 0 aliphatic rings. The molecule has 3 N–H and O–H groups in total. The number of carbonyl (C=O) groups is 2. The smallest absolute Gasteiger partial charge is 0.338 e. The lowest BCUT2D eigenvalue weighted by Crippen LogP contribution is -2.19. The van der Waals surface area contributed by atoms with Gasteiger partial charge in [0.1, 0.15) is 6.61 Å². The molecule has 3 aromatic rings. The van der Waals surface area contributed by atoms with Gasteiger partial charge in [0, 0.05) is 5.69 Å². The van der Waals surface area contributed by atoms with E-state index in [0.717, 1.165) is 16.3 Å². The minimum absolute atomic E-state index is 0.174. The van der Waals surface area contributed by atoms with Crippen molar-refractivity contribution < 1.29 is 14.3 Å². The van der Waals surface area contributed by atoms with E-state index in [1.165, 1.54) is 6.07 Å². The molecule has 0 heterocycles. The Balaban J connectivity index is 1.74. The Labute approximate surface area is 139 Å². The molecule has 0 saturated carbocycles. The number of carbonyl (C=O) groups excluding carboxylic acids is 2. The zero-order valence-corrected chi connectivity index (χ0v) is 12.9. The molecule has 24 heavy (non-hydrogen) atoms. The highest BCUT2D eigenvalue weighted by Crippen LogP contribution is 2.20. The zero-order valence-electron chi connectivity index (χ0n) is 12.9. The van der Waals surface area contributed by atoms with Crippen LogP contribution in [0.4, 0.5) is 10.5 Å². The van der Waals surface area contributed by atoms with Gasteiger partial charge in [-0.1, -0.05) is 48.5 Å². The number of fused-ring (bicyclic) bond motifs is 1. The normalized spacial score (nSPS) is 10.3. The van der Waals surface area contributed by atoms with E-state index in [0.29, 0.717) is 11.3 Å². The highest BCUT2D eigenvalue weighted by Gasteiger charge is 2.10. The number of ether oxygens (including phenoxy) is 1. The molecule has 0 aliphatic carbocycles. The van der Waals surface area contributed by atoms with Gasteiger partial charge in [-0.2, -0.15) is 0 Å². The fourth-order valence-corrected chi connectivity index (χ4v) is 2.51. The van der Waals surface area contributed by atoms with Gasteiger partial charge in [-0.15, -0.1) is 0 Å². The topological polar surface area (TPSA) is 81.4 Å². The van der Waals surface area contributed by atoms with Crippen LogP contribution >= 0.6 is 0 Å². The summed E-state index contributed by atoms with van der Waals surface area (Å²) in [6, 6.07) is 19.6. The number of urea groups is 1. The minimum Gasteiger partial charge on any atom is -0.457 e. The molecule has 2 amide bonds. The Morgan fingerprint density at radius 1 is 0.958 bits per heavy atom. The molecule has 0 atom stereocenters. The van der Waals surface area contributed by atoms with Gasteiger partial charge in [0.15, 0.2) is 0 Å². The summed E-state index contributed by atoms with van der Waals surface area (Å²) in [4.78, 5) is 23.1. The Morgan fingerprint density at radius 2 is 1.71 bits per heavy atom. The van der Waals surface area contributed by atoms with Gasteiger partial charge in [0.2, 0.25) is 0 Å². The van der Waals surface area contributed by atoms with Crippen LogP contribution in [0.25, 0.3) is 10.8 Å². The summed E-state index contributed by atoms with van der Waals surface area (Å²) in [6.45, 7) is 0.174. The maximum atomic E-state index is 12.2. The van der Waals surface area contributed by atoms with Crippen molar-refractivity contribution in [1.82, 2.24) is 0 Å². The van der Waals surface area contributed by atoms with Crippen molar-refractivity contribution in [3.05, 3.63) is 77.9 Å². The van der Waals surface area contributed by atoms with Crippen LogP contribution in [0.2, 0.25) is 0 Å². The van der Waals surface area contributed by atoms with E-state index in [1.54, 1.807) is 18.2 Å². The van der Waals surface area contributed by atoms with Crippen LogP contribution in [0.3, 0.4) is 0 Å². The average Bonchev–Trinajstić information content (AvgIpc) is 2.59. The Kier molecular flexibility index (Phi) is 4.43. The molecule has 0 bridgehead atoms. The summed E-state index contributed by atoms with van der Waals surface area (Å²) >= 11 is 0. The van der Waals surface area contributed by atoms with Crippen LogP contribution in [0, 0.1) is 0 Å². The number of benzene rings is 3. The molecule has 0 fully saturated rings. The van der Waals surface area contributed by atoms with Crippen LogP contribution in [-0.2, 0) is 11.3 Å². The first-order valence-corrected chi connectivity index (χ1v) is 7.44. The third-order valence-corrected chi connectivity index (χ3v) is 3.60. The van der Waals surface area contributed by atoms with Crippen LogP contribution < -0.4 is 11.1 Å². The molecule has 5 heteroatoms. The number of esters is 1. The molecule has 0 radical (unpaired) electrons. The van der Waals surface area contributed by atoms with Crippen LogP contribution in [0.1, 0.15) is 15.9 Å². The second-order valence-corrected chi connectivity index (χ2v) is 5.28. The lowest BCUT2D eigenvalue weighted by atomic mass is 10.1. The summed E-state index contributed by atoms with van der Waals surface area (Å²) in [5, 5.41) is 4.58. The summed E-state index contributed by atoms with van der Waals surface area (Å²) in [7, 11) is 0. The first-order chi connectivity index (χ1) is 11.6. The van der Waals surface area contributed by atoms with E-state index < -0.39 is 12.0 Å². The summed E-state index contributed by atoms with van der Waals surface area (Å²) < 4.78 is 5.40. The number of rotatable bonds is 4. The lowest BCUT2D eigenvalue weighted by molar-refractivity contribution is 0.0474. The Bertz CT molecular complexity index is 901. The second-order valence-electron chi connectivity index (χ2n) is 5.28. The third kappa shape index (κ3) is 3.52. The van der Waals surface area contributed by atoms with E-state index in [1.807, 2.05) is 42.5 Å². The van der Waals surface area contributed by atoms with Crippen molar-refractivity contribution >= 4 is 28.5 Å². The maximum absolute atomic E-state index is 12.2. The first-order valence-electron chi connectivity index (χ1n) is 7.44. The number of anilines is 1. The molecule has 120 valence electrons.